The summed E-state index contributed by atoms with van der Waals surface area (Å²) in [6.07, 6.45) is 2.86. The third-order valence-corrected chi connectivity index (χ3v) is 4.17. The predicted octanol–water partition coefficient (Wildman–Crippen LogP) is 3.78. The summed E-state index contributed by atoms with van der Waals surface area (Å²) in [7, 11) is 0. The first-order valence-electron chi connectivity index (χ1n) is 7.32. The second-order valence-electron chi connectivity index (χ2n) is 5.66. The zero-order valence-electron chi connectivity index (χ0n) is 12.4. The lowest BCUT2D eigenvalue weighted by Crippen LogP contribution is -2.26. The first kappa shape index (κ1) is 15.5. The number of anilines is 1. The monoisotopic (exact) mass is 336 g/mol. The summed E-state index contributed by atoms with van der Waals surface area (Å²) in [6, 6.07) is 7.97. The Bertz CT molecular complexity index is 642. The number of nitrogens with zero attached hydrogens (tertiary/aromatic N) is 3. The fraction of sp³-hybridized carbons (Fsp3) is 0.375. The number of hydrogen-bond acceptors (Lipinski definition) is 4. The number of halogens is 2. The summed E-state index contributed by atoms with van der Waals surface area (Å²) in [5.74, 6) is 0.706. The Hall–Kier alpha value is -1.36. The van der Waals surface area contributed by atoms with Gasteiger partial charge >= 0.3 is 0 Å². The molecule has 116 valence electrons. The van der Waals surface area contributed by atoms with Crippen molar-refractivity contribution in [3.63, 3.8) is 0 Å². The number of aromatic nitrogens is 2. The first-order chi connectivity index (χ1) is 10.6. The maximum Gasteiger partial charge on any atom is 0.223 e. The summed E-state index contributed by atoms with van der Waals surface area (Å²) in [5.41, 5.74) is 2.12. The number of aryl methyl sites for hydroxylation is 1. The summed E-state index contributed by atoms with van der Waals surface area (Å²) < 4.78 is 0. The fourth-order valence-corrected chi connectivity index (χ4v) is 3.33. The fourth-order valence-electron chi connectivity index (χ4n) is 2.76. The van der Waals surface area contributed by atoms with Crippen molar-refractivity contribution in [3.05, 3.63) is 51.8 Å². The Morgan fingerprint density at radius 2 is 2.05 bits per heavy atom. The Kier molecular flexibility index (Phi) is 4.81. The lowest BCUT2D eigenvalue weighted by molar-refractivity contribution is 0.328. The van der Waals surface area contributed by atoms with Crippen LogP contribution in [0.1, 0.15) is 17.7 Å². The van der Waals surface area contributed by atoms with E-state index in [1.807, 2.05) is 25.1 Å². The van der Waals surface area contributed by atoms with E-state index >= 15 is 0 Å². The maximum atomic E-state index is 6.05. The van der Waals surface area contributed by atoms with Gasteiger partial charge in [0.15, 0.2) is 0 Å². The van der Waals surface area contributed by atoms with Gasteiger partial charge in [0.25, 0.3) is 0 Å². The van der Waals surface area contributed by atoms with Gasteiger partial charge in [-0.15, -0.1) is 0 Å². The van der Waals surface area contributed by atoms with Crippen molar-refractivity contribution in [1.29, 1.82) is 0 Å². The van der Waals surface area contributed by atoms with Crippen LogP contribution in [-0.4, -0.2) is 34.0 Å². The van der Waals surface area contributed by atoms with E-state index in [2.05, 4.69) is 20.2 Å². The average Bonchev–Trinajstić information content (AvgIpc) is 2.84. The molecule has 0 radical (unpaired) electrons. The van der Waals surface area contributed by atoms with Crippen LogP contribution in [0.5, 0.6) is 0 Å². The number of nitrogens with one attached hydrogen (secondary N) is 1. The zero-order chi connectivity index (χ0) is 15.5. The summed E-state index contributed by atoms with van der Waals surface area (Å²) in [4.78, 5) is 11.0. The Morgan fingerprint density at radius 1 is 1.27 bits per heavy atom. The summed E-state index contributed by atoms with van der Waals surface area (Å²) in [6.45, 7) is 4.82. The van der Waals surface area contributed by atoms with Crippen LogP contribution in [0.15, 0.2) is 30.5 Å². The second-order valence-corrected chi connectivity index (χ2v) is 6.54. The Morgan fingerprint density at radius 3 is 2.77 bits per heavy atom. The predicted molar refractivity (Wildman–Crippen MR) is 90.5 cm³/mol. The molecule has 4 nitrogen and oxygen atoms in total. The van der Waals surface area contributed by atoms with Crippen LogP contribution in [0.2, 0.25) is 10.0 Å². The van der Waals surface area contributed by atoms with E-state index in [-0.39, 0.29) is 0 Å². The van der Waals surface area contributed by atoms with Gasteiger partial charge < -0.3 is 5.32 Å². The van der Waals surface area contributed by atoms with E-state index in [4.69, 9.17) is 23.2 Å². The molecule has 2 heterocycles. The highest BCUT2D eigenvalue weighted by molar-refractivity contribution is 6.34. The van der Waals surface area contributed by atoms with Gasteiger partial charge in [-0.25, -0.2) is 9.97 Å². The number of hydrogen-bond donors (Lipinski definition) is 1. The van der Waals surface area contributed by atoms with Crippen molar-refractivity contribution in [2.75, 3.05) is 18.4 Å². The molecule has 1 aliphatic rings. The lowest BCUT2D eigenvalue weighted by Gasteiger charge is -2.17. The lowest BCUT2D eigenvalue weighted by atomic mass is 10.2. The van der Waals surface area contributed by atoms with Crippen molar-refractivity contribution in [2.24, 2.45) is 0 Å². The average molecular weight is 337 g/mol. The minimum absolute atomic E-state index is 0.372. The van der Waals surface area contributed by atoms with Crippen LogP contribution in [0.25, 0.3) is 0 Å². The third kappa shape index (κ3) is 4.09. The normalized spacial score (nSPS) is 18.6. The molecule has 1 N–H and O–H groups in total. The van der Waals surface area contributed by atoms with Gasteiger partial charge in [0.1, 0.15) is 0 Å². The van der Waals surface area contributed by atoms with E-state index < -0.39 is 0 Å². The highest BCUT2D eigenvalue weighted by atomic mass is 35.5. The molecule has 0 amide bonds. The molecule has 0 bridgehead atoms. The van der Waals surface area contributed by atoms with Crippen LogP contribution in [0.3, 0.4) is 0 Å². The van der Waals surface area contributed by atoms with Gasteiger partial charge in [-0.05, 0) is 43.2 Å². The van der Waals surface area contributed by atoms with E-state index in [0.717, 1.165) is 37.3 Å². The minimum atomic E-state index is 0.372. The molecular formula is C16H18Cl2N4. The molecule has 1 aromatic carbocycles. The number of likely N-dealkylation sites (tertiary alicyclic amines) is 1. The first-order valence-corrected chi connectivity index (χ1v) is 8.07. The summed E-state index contributed by atoms with van der Waals surface area (Å²) in [5, 5.41) is 4.77. The molecular weight excluding hydrogens is 319 g/mol. The van der Waals surface area contributed by atoms with Crippen molar-refractivity contribution in [2.45, 2.75) is 25.9 Å². The zero-order valence-corrected chi connectivity index (χ0v) is 13.9. The van der Waals surface area contributed by atoms with Gasteiger partial charge in [-0.1, -0.05) is 23.2 Å². The van der Waals surface area contributed by atoms with Crippen molar-refractivity contribution in [3.8, 4) is 0 Å². The molecule has 22 heavy (non-hydrogen) atoms. The van der Waals surface area contributed by atoms with Crippen LogP contribution in [-0.2, 0) is 6.54 Å². The maximum absolute atomic E-state index is 6.05. The molecule has 1 saturated heterocycles. The SMILES string of the molecule is Cc1ccnc(NC2CCN(Cc3cc(Cl)cc(Cl)c3)C2)n1. The number of rotatable bonds is 4. The molecule has 0 aliphatic carbocycles. The molecule has 1 fully saturated rings. The van der Waals surface area contributed by atoms with Gasteiger partial charge in [-0.3, -0.25) is 4.90 Å². The molecule has 1 aromatic heterocycles. The third-order valence-electron chi connectivity index (χ3n) is 3.73. The van der Waals surface area contributed by atoms with Crippen LogP contribution in [0.4, 0.5) is 5.95 Å². The molecule has 6 heteroatoms. The summed E-state index contributed by atoms with van der Waals surface area (Å²) >= 11 is 12.1. The highest BCUT2D eigenvalue weighted by Gasteiger charge is 2.23. The quantitative estimate of drug-likeness (QED) is 0.922. The van der Waals surface area contributed by atoms with Crippen LogP contribution >= 0.6 is 23.2 Å². The molecule has 0 spiro atoms. The van der Waals surface area contributed by atoms with Crippen molar-refractivity contribution in [1.82, 2.24) is 14.9 Å². The largest absolute Gasteiger partial charge is 0.350 e. The molecule has 1 atom stereocenters. The molecule has 1 aliphatic heterocycles. The van der Waals surface area contributed by atoms with E-state index in [0.29, 0.717) is 22.0 Å². The van der Waals surface area contributed by atoms with Gasteiger partial charge in [-0.2, -0.15) is 0 Å². The standard InChI is InChI=1S/C16H18Cl2N4/c1-11-2-4-19-16(20-11)21-15-3-5-22(10-15)9-12-6-13(17)8-14(18)7-12/h2,4,6-8,15H,3,5,9-10H2,1H3,(H,19,20,21). The van der Waals surface area contributed by atoms with Gasteiger partial charge in [0.2, 0.25) is 5.95 Å². The van der Waals surface area contributed by atoms with Crippen molar-refractivity contribution >= 4 is 29.2 Å². The van der Waals surface area contributed by atoms with E-state index in [1.54, 1.807) is 12.3 Å². The molecule has 3 rings (SSSR count). The Balaban J connectivity index is 1.58. The van der Waals surface area contributed by atoms with E-state index in [1.165, 1.54) is 0 Å². The highest BCUT2D eigenvalue weighted by Crippen LogP contribution is 2.22. The van der Waals surface area contributed by atoms with Crippen molar-refractivity contribution < 1.29 is 0 Å². The molecule has 2 aromatic rings. The van der Waals surface area contributed by atoms with Crippen LogP contribution in [0, 0.1) is 6.92 Å². The van der Waals surface area contributed by atoms with Crippen LogP contribution < -0.4 is 5.32 Å². The van der Waals surface area contributed by atoms with Gasteiger partial charge in [0.05, 0.1) is 0 Å². The topological polar surface area (TPSA) is 41.1 Å². The van der Waals surface area contributed by atoms with Gasteiger partial charge in [0, 0.05) is 47.6 Å². The molecule has 1 unspecified atom stereocenters. The Labute approximate surface area is 140 Å². The second kappa shape index (κ2) is 6.82. The van der Waals surface area contributed by atoms with E-state index in [9.17, 15) is 0 Å². The smallest absolute Gasteiger partial charge is 0.223 e. The molecule has 0 saturated carbocycles. The minimum Gasteiger partial charge on any atom is -0.350 e. The number of benzene rings is 1.